The molecule has 2 rings (SSSR count). The van der Waals surface area contributed by atoms with Gasteiger partial charge in [-0.15, -0.1) is 0 Å². The summed E-state index contributed by atoms with van der Waals surface area (Å²) < 4.78 is 0. The van der Waals surface area contributed by atoms with E-state index in [0.29, 0.717) is 11.0 Å². The molecule has 0 amide bonds. The van der Waals surface area contributed by atoms with Gasteiger partial charge in [0.2, 0.25) is 0 Å². The van der Waals surface area contributed by atoms with E-state index in [0.717, 1.165) is 0 Å². The van der Waals surface area contributed by atoms with Crippen LogP contribution in [0.15, 0.2) is 24.5 Å². The number of aromatic nitrogens is 1. The molecule has 1 aromatic heterocycles. The molecule has 1 aliphatic heterocycles. The molecule has 1 aromatic rings. The Bertz CT molecular complexity index is 383. The van der Waals surface area contributed by atoms with Crippen LogP contribution in [0.4, 0.5) is 0 Å². The number of hydrogen-bond donors (Lipinski definition) is 0. The summed E-state index contributed by atoms with van der Waals surface area (Å²) in [5.41, 5.74) is 2.20. The molecule has 2 nitrogen and oxygen atoms in total. The van der Waals surface area contributed by atoms with E-state index in [2.05, 4.69) is 49.7 Å². The second-order valence-electron chi connectivity index (χ2n) is 7.05. The first-order chi connectivity index (χ1) is 8.95. The maximum absolute atomic E-state index is 4.26. The van der Waals surface area contributed by atoms with Crippen LogP contribution >= 0.6 is 0 Å². The van der Waals surface area contributed by atoms with Gasteiger partial charge >= 0.3 is 0 Å². The Balaban J connectivity index is 2.02. The Kier molecular flexibility index (Phi) is 4.29. The fourth-order valence-electron chi connectivity index (χ4n) is 3.24. The van der Waals surface area contributed by atoms with Crippen molar-refractivity contribution in [3.8, 4) is 0 Å². The molecule has 0 aliphatic carbocycles. The minimum Gasteiger partial charge on any atom is -0.298 e. The Morgan fingerprint density at radius 2 is 1.95 bits per heavy atom. The van der Waals surface area contributed by atoms with Gasteiger partial charge in [0, 0.05) is 17.9 Å². The molecule has 19 heavy (non-hydrogen) atoms. The molecular weight excluding hydrogens is 232 g/mol. The highest BCUT2D eigenvalue weighted by Gasteiger charge is 2.36. The highest BCUT2D eigenvalue weighted by molar-refractivity contribution is 5.12. The minimum atomic E-state index is 0.314. The van der Waals surface area contributed by atoms with Crippen LogP contribution in [0.1, 0.15) is 52.5 Å². The highest BCUT2D eigenvalue weighted by atomic mass is 15.2. The second kappa shape index (κ2) is 5.62. The summed E-state index contributed by atoms with van der Waals surface area (Å²) in [5.74, 6) is 0. The number of pyridine rings is 1. The first kappa shape index (κ1) is 14.5. The molecule has 1 saturated heterocycles. The summed E-state index contributed by atoms with van der Waals surface area (Å²) >= 11 is 0. The van der Waals surface area contributed by atoms with Crippen molar-refractivity contribution in [2.24, 2.45) is 5.41 Å². The van der Waals surface area contributed by atoms with Crippen LogP contribution in [-0.4, -0.2) is 28.5 Å². The predicted molar refractivity (Wildman–Crippen MR) is 81.2 cm³/mol. The van der Waals surface area contributed by atoms with E-state index in [1.54, 1.807) is 0 Å². The van der Waals surface area contributed by atoms with Crippen molar-refractivity contribution in [2.75, 3.05) is 13.1 Å². The third-order valence-corrected chi connectivity index (χ3v) is 4.82. The van der Waals surface area contributed by atoms with Gasteiger partial charge in [-0.1, -0.05) is 19.4 Å². The molecule has 0 unspecified atom stereocenters. The lowest BCUT2D eigenvalue weighted by Gasteiger charge is -2.46. The second-order valence-corrected chi connectivity index (χ2v) is 7.05. The summed E-state index contributed by atoms with van der Waals surface area (Å²) in [4.78, 5) is 6.89. The molecule has 0 aromatic carbocycles. The lowest BCUT2D eigenvalue weighted by molar-refractivity contribution is 0.0401. The highest BCUT2D eigenvalue weighted by Crippen LogP contribution is 2.39. The van der Waals surface area contributed by atoms with Gasteiger partial charge < -0.3 is 0 Å². The van der Waals surface area contributed by atoms with Gasteiger partial charge in [-0.3, -0.25) is 9.88 Å². The van der Waals surface area contributed by atoms with Gasteiger partial charge in [-0.2, -0.15) is 0 Å². The maximum atomic E-state index is 4.26. The van der Waals surface area contributed by atoms with Crippen molar-refractivity contribution >= 4 is 0 Å². The first-order valence-electron chi connectivity index (χ1n) is 7.59. The van der Waals surface area contributed by atoms with Gasteiger partial charge in [0.1, 0.15) is 0 Å². The summed E-state index contributed by atoms with van der Waals surface area (Å²) in [5, 5.41) is 0. The van der Waals surface area contributed by atoms with E-state index in [1.807, 2.05) is 12.4 Å². The number of nitrogens with zero attached hydrogens (tertiary/aromatic N) is 2. The van der Waals surface area contributed by atoms with Crippen LogP contribution in [-0.2, 0) is 6.42 Å². The molecule has 0 N–H and O–H groups in total. The van der Waals surface area contributed by atoms with E-state index in [-0.39, 0.29) is 0 Å². The monoisotopic (exact) mass is 260 g/mol. The van der Waals surface area contributed by atoms with E-state index in [1.165, 1.54) is 44.3 Å². The molecule has 0 radical (unpaired) electrons. The first-order valence-corrected chi connectivity index (χ1v) is 7.59. The topological polar surface area (TPSA) is 16.1 Å². The van der Waals surface area contributed by atoms with Crippen LogP contribution in [0.3, 0.4) is 0 Å². The quantitative estimate of drug-likeness (QED) is 0.819. The van der Waals surface area contributed by atoms with Gasteiger partial charge in [0.05, 0.1) is 0 Å². The third-order valence-electron chi connectivity index (χ3n) is 4.82. The maximum Gasteiger partial charge on any atom is 0.0300 e. The number of likely N-dealkylation sites (tertiary alicyclic amines) is 1. The predicted octanol–water partition coefficient (Wildman–Crippen LogP) is 3.91. The van der Waals surface area contributed by atoms with Crippen molar-refractivity contribution in [3.63, 3.8) is 0 Å². The molecule has 0 saturated carbocycles. The largest absolute Gasteiger partial charge is 0.298 e. The van der Waals surface area contributed by atoms with Crippen LogP contribution in [0.25, 0.3) is 0 Å². The SMILES string of the molecule is CCC1(Cc2cccnc2)CCN(C(C)(C)C)CC1. The molecule has 1 fully saturated rings. The average molecular weight is 260 g/mol. The fourth-order valence-corrected chi connectivity index (χ4v) is 3.24. The van der Waals surface area contributed by atoms with Gasteiger partial charge in [0.25, 0.3) is 0 Å². The molecule has 2 heteroatoms. The van der Waals surface area contributed by atoms with Crippen LogP contribution < -0.4 is 0 Å². The number of piperidine rings is 1. The normalized spacial score (nSPS) is 20.4. The summed E-state index contributed by atoms with van der Waals surface area (Å²) in [6.07, 6.45) is 9.00. The van der Waals surface area contributed by atoms with Crippen molar-refractivity contribution < 1.29 is 0 Å². The van der Waals surface area contributed by atoms with E-state index in [4.69, 9.17) is 0 Å². The van der Waals surface area contributed by atoms with Gasteiger partial charge in [0.15, 0.2) is 0 Å². The molecule has 106 valence electrons. The van der Waals surface area contributed by atoms with Crippen molar-refractivity contribution in [1.82, 2.24) is 9.88 Å². The van der Waals surface area contributed by atoms with E-state index in [9.17, 15) is 0 Å². The molecule has 0 bridgehead atoms. The zero-order valence-electron chi connectivity index (χ0n) is 12.9. The van der Waals surface area contributed by atoms with Gasteiger partial charge in [-0.25, -0.2) is 0 Å². The zero-order valence-corrected chi connectivity index (χ0v) is 12.9. The van der Waals surface area contributed by atoms with Crippen LogP contribution in [0, 0.1) is 5.41 Å². The third kappa shape index (κ3) is 3.56. The van der Waals surface area contributed by atoms with E-state index < -0.39 is 0 Å². The van der Waals surface area contributed by atoms with Crippen LogP contribution in [0.5, 0.6) is 0 Å². The lowest BCUT2D eigenvalue weighted by atomic mass is 9.71. The standard InChI is InChI=1S/C17H28N2/c1-5-17(13-15-7-6-10-18-14-15)8-11-19(12-9-17)16(2,3)4/h6-7,10,14H,5,8-9,11-13H2,1-4H3. The average Bonchev–Trinajstić information content (AvgIpc) is 2.39. The van der Waals surface area contributed by atoms with Crippen LogP contribution in [0.2, 0.25) is 0 Å². The Labute approximate surface area is 118 Å². The Hall–Kier alpha value is -0.890. The minimum absolute atomic E-state index is 0.314. The fraction of sp³-hybridized carbons (Fsp3) is 0.706. The molecule has 1 aliphatic rings. The van der Waals surface area contributed by atoms with Gasteiger partial charge in [-0.05, 0) is 70.2 Å². The molecule has 0 atom stereocenters. The Morgan fingerprint density at radius 1 is 1.26 bits per heavy atom. The molecule has 0 spiro atoms. The summed E-state index contributed by atoms with van der Waals surface area (Å²) in [7, 11) is 0. The lowest BCUT2D eigenvalue weighted by Crippen LogP contribution is -2.49. The summed E-state index contributed by atoms with van der Waals surface area (Å²) in [6, 6.07) is 4.28. The molecule has 2 heterocycles. The smallest absolute Gasteiger partial charge is 0.0300 e. The molecular formula is C17H28N2. The number of rotatable bonds is 3. The van der Waals surface area contributed by atoms with E-state index >= 15 is 0 Å². The Morgan fingerprint density at radius 3 is 2.42 bits per heavy atom. The van der Waals surface area contributed by atoms with Crippen molar-refractivity contribution in [1.29, 1.82) is 0 Å². The number of hydrogen-bond acceptors (Lipinski definition) is 2. The van der Waals surface area contributed by atoms with Crippen molar-refractivity contribution in [3.05, 3.63) is 30.1 Å². The summed E-state index contributed by atoms with van der Waals surface area (Å²) in [6.45, 7) is 11.8. The van der Waals surface area contributed by atoms with Crippen molar-refractivity contribution in [2.45, 2.75) is 58.9 Å². The zero-order chi connectivity index (χ0) is 13.9.